The highest BCUT2D eigenvalue weighted by molar-refractivity contribution is 5.92. The first-order valence-corrected chi connectivity index (χ1v) is 9.26. The van der Waals surface area contributed by atoms with Crippen LogP contribution in [0.5, 0.6) is 0 Å². The molecule has 2 fully saturated rings. The van der Waals surface area contributed by atoms with Gasteiger partial charge in [0.1, 0.15) is 0 Å². The molecule has 140 valence electrons. The lowest BCUT2D eigenvalue weighted by molar-refractivity contribution is -0.117. The van der Waals surface area contributed by atoms with Crippen LogP contribution in [0.4, 0.5) is 11.4 Å². The third kappa shape index (κ3) is 6.49. The third-order valence-corrected chi connectivity index (χ3v) is 4.80. The van der Waals surface area contributed by atoms with Crippen LogP contribution in [0.2, 0.25) is 0 Å². The number of benzene rings is 1. The van der Waals surface area contributed by atoms with E-state index in [4.69, 9.17) is 4.74 Å². The van der Waals surface area contributed by atoms with Crippen molar-refractivity contribution in [1.82, 2.24) is 4.90 Å². The molecule has 3 rings (SSSR count). The van der Waals surface area contributed by atoms with Crippen molar-refractivity contribution in [2.75, 3.05) is 56.2 Å². The van der Waals surface area contributed by atoms with Crippen LogP contribution >= 0.6 is 12.4 Å². The van der Waals surface area contributed by atoms with Crippen molar-refractivity contribution in [3.05, 3.63) is 24.3 Å². The van der Waals surface area contributed by atoms with E-state index in [0.29, 0.717) is 6.54 Å². The van der Waals surface area contributed by atoms with Gasteiger partial charge < -0.3 is 15.0 Å². The molecule has 2 saturated heterocycles. The van der Waals surface area contributed by atoms with Gasteiger partial charge in [0.15, 0.2) is 0 Å². The number of nitrogens with one attached hydrogen (secondary N) is 1. The summed E-state index contributed by atoms with van der Waals surface area (Å²) in [6.45, 7) is 6.01. The molecule has 5 nitrogen and oxygen atoms in total. The summed E-state index contributed by atoms with van der Waals surface area (Å²) in [5.41, 5.74) is 2.14. The van der Waals surface area contributed by atoms with E-state index in [1.165, 1.54) is 31.4 Å². The fourth-order valence-corrected chi connectivity index (χ4v) is 3.44. The molecule has 0 saturated carbocycles. The maximum Gasteiger partial charge on any atom is 0.238 e. The van der Waals surface area contributed by atoms with Gasteiger partial charge in [-0.15, -0.1) is 12.4 Å². The predicted octanol–water partition coefficient (Wildman–Crippen LogP) is 3.15. The van der Waals surface area contributed by atoms with Gasteiger partial charge in [-0.25, -0.2) is 0 Å². The van der Waals surface area contributed by atoms with E-state index < -0.39 is 0 Å². The number of amides is 1. The molecule has 2 aliphatic rings. The summed E-state index contributed by atoms with van der Waals surface area (Å²) in [6, 6.07) is 8.29. The molecule has 0 aliphatic carbocycles. The first-order valence-electron chi connectivity index (χ1n) is 9.26. The molecule has 0 bridgehead atoms. The second kappa shape index (κ2) is 10.6. The first-order chi connectivity index (χ1) is 11.8. The highest BCUT2D eigenvalue weighted by Crippen LogP contribution is 2.21. The molecule has 2 aliphatic heterocycles. The van der Waals surface area contributed by atoms with Crippen LogP contribution < -0.4 is 10.2 Å². The number of carbonyl (C=O) groups excluding carboxylic acids is 1. The van der Waals surface area contributed by atoms with Crippen LogP contribution in [0, 0.1) is 0 Å². The SMILES string of the molecule is Cl.O=C(CN1CCCOCC1)Nc1ccc(N2CCCCCC2)cc1. The Bertz CT molecular complexity index is 508. The van der Waals surface area contributed by atoms with Gasteiger partial charge in [0, 0.05) is 44.2 Å². The fourth-order valence-electron chi connectivity index (χ4n) is 3.44. The number of hydrogen-bond acceptors (Lipinski definition) is 4. The molecular weight excluding hydrogens is 338 g/mol. The quantitative estimate of drug-likeness (QED) is 0.887. The Hall–Kier alpha value is -1.30. The Morgan fingerprint density at radius 1 is 0.920 bits per heavy atom. The van der Waals surface area contributed by atoms with Crippen LogP contribution in [0.1, 0.15) is 32.1 Å². The van der Waals surface area contributed by atoms with E-state index in [0.717, 1.165) is 51.5 Å². The van der Waals surface area contributed by atoms with Gasteiger partial charge in [-0.3, -0.25) is 9.69 Å². The Morgan fingerprint density at radius 2 is 1.64 bits per heavy atom. The first kappa shape index (κ1) is 20.0. The zero-order valence-corrected chi connectivity index (χ0v) is 15.7. The van der Waals surface area contributed by atoms with Gasteiger partial charge in [0.2, 0.25) is 5.91 Å². The van der Waals surface area contributed by atoms with Gasteiger partial charge >= 0.3 is 0 Å². The fraction of sp³-hybridized carbons (Fsp3) is 0.632. The number of halogens is 1. The lowest BCUT2D eigenvalue weighted by atomic mass is 10.2. The maximum atomic E-state index is 12.2. The van der Waals surface area contributed by atoms with Crippen LogP contribution in [0.3, 0.4) is 0 Å². The van der Waals surface area contributed by atoms with Gasteiger partial charge in [-0.05, 0) is 43.5 Å². The molecule has 6 heteroatoms. The van der Waals surface area contributed by atoms with Crippen molar-refractivity contribution < 1.29 is 9.53 Å². The highest BCUT2D eigenvalue weighted by Gasteiger charge is 2.14. The number of nitrogens with zero attached hydrogens (tertiary/aromatic N) is 2. The summed E-state index contributed by atoms with van der Waals surface area (Å²) in [4.78, 5) is 16.8. The second-order valence-electron chi connectivity index (χ2n) is 6.74. The van der Waals surface area contributed by atoms with Crippen LogP contribution in [0.25, 0.3) is 0 Å². The average molecular weight is 368 g/mol. The van der Waals surface area contributed by atoms with E-state index in [2.05, 4.69) is 27.2 Å². The van der Waals surface area contributed by atoms with Crippen molar-refractivity contribution in [3.63, 3.8) is 0 Å². The third-order valence-electron chi connectivity index (χ3n) is 4.80. The second-order valence-corrected chi connectivity index (χ2v) is 6.74. The molecule has 2 heterocycles. The standard InChI is InChI=1S/C19H29N3O2.ClH/c23-19(16-21-10-5-14-24-15-13-21)20-17-6-8-18(9-7-17)22-11-3-1-2-4-12-22;/h6-9H,1-5,10-16H2,(H,20,23);1H. The lowest BCUT2D eigenvalue weighted by Gasteiger charge is -2.23. The minimum atomic E-state index is 0. The minimum absolute atomic E-state index is 0. The molecule has 0 unspecified atom stereocenters. The molecule has 0 radical (unpaired) electrons. The predicted molar refractivity (Wildman–Crippen MR) is 105 cm³/mol. The number of anilines is 2. The monoisotopic (exact) mass is 367 g/mol. The molecule has 1 amide bonds. The molecule has 1 aromatic rings. The van der Waals surface area contributed by atoms with Gasteiger partial charge in [0.05, 0.1) is 13.2 Å². The largest absolute Gasteiger partial charge is 0.380 e. The Balaban J connectivity index is 0.00000225. The van der Waals surface area contributed by atoms with Crippen molar-refractivity contribution in [3.8, 4) is 0 Å². The van der Waals surface area contributed by atoms with Crippen molar-refractivity contribution in [1.29, 1.82) is 0 Å². The van der Waals surface area contributed by atoms with Crippen molar-refractivity contribution in [2.24, 2.45) is 0 Å². The molecule has 1 aromatic carbocycles. The van der Waals surface area contributed by atoms with Crippen LogP contribution in [0.15, 0.2) is 24.3 Å². The van der Waals surface area contributed by atoms with E-state index >= 15 is 0 Å². The summed E-state index contributed by atoms with van der Waals surface area (Å²) in [7, 11) is 0. The number of carbonyl (C=O) groups is 1. The topological polar surface area (TPSA) is 44.8 Å². The Kier molecular flexibility index (Phi) is 8.52. The summed E-state index contributed by atoms with van der Waals surface area (Å²) < 4.78 is 5.43. The van der Waals surface area contributed by atoms with Gasteiger partial charge in [-0.2, -0.15) is 0 Å². The summed E-state index contributed by atoms with van der Waals surface area (Å²) in [5.74, 6) is 0.0550. The van der Waals surface area contributed by atoms with Crippen LogP contribution in [-0.2, 0) is 9.53 Å². The van der Waals surface area contributed by atoms with Crippen molar-refractivity contribution >= 4 is 29.7 Å². The molecule has 1 N–H and O–H groups in total. The molecular formula is C19H30ClN3O2. The van der Waals surface area contributed by atoms with Gasteiger partial charge in [0.25, 0.3) is 0 Å². The number of hydrogen-bond donors (Lipinski definition) is 1. The highest BCUT2D eigenvalue weighted by atomic mass is 35.5. The van der Waals surface area contributed by atoms with Gasteiger partial charge in [-0.1, -0.05) is 12.8 Å². The summed E-state index contributed by atoms with van der Waals surface area (Å²) >= 11 is 0. The van der Waals surface area contributed by atoms with Crippen LogP contribution in [-0.4, -0.2) is 56.7 Å². The zero-order chi connectivity index (χ0) is 16.6. The average Bonchev–Trinajstić information content (AvgIpc) is 3.00. The number of ether oxygens (including phenoxy) is 1. The van der Waals surface area contributed by atoms with E-state index in [9.17, 15) is 4.79 Å². The minimum Gasteiger partial charge on any atom is -0.380 e. The maximum absolute atomic E-state index is 12.2. The number of rotatable bonds is 4. The molecule has 25 heavy (non-hydrogen) atoms. The Morgan fingerprint density at radius 3 is 2.36 bits per heavy atom. The summed E-state index contributed by atoms with van der Waals surface area (Å²) in [5, 5.41) is 3.01. The van der Waals surface area contributed by atoms with E-state index in [1.54, 1.807) is 0 Å². The van der Waals surface area contributed by atoms with E-state index in [-0.39, 0.29) is 18.3 Å². The normalized spacial score (nSPS) is 19.4. The zero-order valence-electron chi connectivity index (χ0n) is 14.9. The van der Waals surface area contributed by atoms with E-state index in [1.807, 2.05) is 12.1 Å². The Labute approximate surface area is 157 Å². The summed E-state index contributed by atoms with van der Waals surface area (Å²) in [6.07, 6.45) is 6.23. The molecule has 0 atom stereocenters. The smallest absolute Gasteiger partial charge is 0.238 e. The van der Waals surface area contributed by atoms with Crippen molar-refractivity contribution in [2.45, 2.75) is 32.1 Å². The molecule has 0 aromatic heterocycles. The molecule has 0 spiro atoms. The lowest BCUT2D eigenvalue weighted by Crippen LogP contribution is -2.35.